The van der Waals surface area contributed by atoms with E-state index in [2.05, 4.69) is 39.8 Å². The van der Waals surface area contributed by atoms with Crippen LogP contribution in [0.5, 0.6) is 0 Å². The smallest absolute Gasteiger partial charge is 0.227 e. The fourth-order valence-corrected chi connectivity index (χ4v) is 3.37. The Kier molecular flexibility index (Phi) is 5.78. The zero-order chi connectivity index (χ0) is 19.4. The van der Waals surface area contributed by atoms with Gasteiger partial charge in [0.15, 0.2) is 5.96 Å². The van der Waals surface area contributed by atoms with Crippen molar-refractivity contribution in [1.82, 2.24) is 20.4 Å². The highest BCUT2D eigenvalue weighted by Gasteiger charge is 2.21. The van der Waals surface area contributed by atoms with Gasteiger partial charge in [-0.15, -0.1) is 0 Å². The van der Waals surface area contributed by atoms with Gasteiger partial charge in [0.2, 0.25) is 5.91 Å². The third-order valence-electron chi connectivity index (χ3n) is 5.10. The lowest BCUT2D eigenvalue weighted by molar-refractivity contribution is -0.117. The zero-order valence-corrected chi connectivity index (χ0v) is 16.5. The van der Waals surface area contributed by atoms with Gasteiger partial charge in [-0.3, -0.25) is 14.5 Å². The average molecular weight is 368 g/mol. The Morgan fingerprint density at radius 3 is 2.44 bits per heavy atom. The Bertz CT molecular complexity index is 837. The van der Waals surface area contributed by atoms with Gasteiger partial charge >= 0.3 is 0 Å². The first-order valence-corrected chi connectivity index (χ1v) is 9.32. The van der Waals surface area contributed by atoms with Gasteiger partial charge in [-0.2, -0.15) is 5.10 Å². The van der Waals surface area contributed by atoms with E-state index >= 15 is 0 Å². The highest BCUT2D eigenvalue weighted by atomic mass is 16.2. The van der Waals surface area contributed by atoms with Crippen LogP contribution in [0.15, 0.2) is 29.3 Å². The topological polar surface area (TPSA) is 74.6 Å². The second-order valence-corrected chi connectivity index (χ2v) is 6.87. The molecule has 2 aromatic rings. The molecule has 1 saturated heterocycles. The summed E-state index contributed by atoms with van der Waals surface area (Å²) in [6.45, 7) is 6.26. The van der Waals surface area contributed by atoms with Crippen LogP contribution in [0, 0.1) is 13.8 Å². The third kappa shape index (κ3) is 4.30. The Labute approximate surface area is 160 Å². The van der Waals surface area contributed by atoms with E-state index in [1.165, 1.54) is 5.56 Å². The molecule has 27 heavy (non-hydrogen) atoms. The van der Waals surface area contributed by atoms with Gasteiger partial charge in [-0.05, 0) is 38.0 Å². The van der Waals surface area contributed by atoms with E-state index in [1.54, 1.807) is 7.05 Å². The SMILES string of the molecule is CN=C(NCc1ccc(N2CCCC2=O)cc1)NCc1c(C)nn(C)c1C. The van der Waals surface area contributed by atoms with Crippen LogP contribution >= 0.6 is 0 Å². The zero-order valence-electron chi connectivity index (χ0n) is 16.5. The summed E-state index contributed by atoms with van der Waals surface area (Å²) >= 11 is 0. The molecular weight excluding hydrogens is 340 g/mol. The van der Waals surface area contributed by atoms with Crippen LogP contribution in [0.25, 0.3) is 0 Å². The predicted molar refractivity (Wildman–Crippen MR) is 108 cm³/mol. The minimum Gasteiger partial charge on any atom is -0.352 e. The van der Waals surface area contributed by atoms with Crippen LogP contribution in [-0.2, 0) is 24.9 Å². The van der Waals surface area contributed by atoms with E-state index in [9.17, 15) is 4.79 Å². The molecule has 1 aromatic carbocycles. The molecule has 2 N–H and O–H groups in total. The first-order chi connectivity index (χ1) is 13.0. The largest absolute Gasteiger partial charge is 0.352 e. The number of aliphatic imine (C=N–C) groups is 1. The Morgan fingerprint density at radius 1 is 1.19 bits per heavy atom. The first-order valence-electron chi connectivity index (χ1n) is 9.32. The number of carbonyl (C=O) groups is 1. The fourth-order valence-electron chi connectivity index (χ4n) is 3.37. The molecule has 0 atom stereocenters. The molecule has 3 rings (SSSR count). The van der Waals surface area contributed by atoms with Crippen LogP contribution in [0.1, 0.15) is 35.4 Å². The Balaban J connectivity index is 1.54. The number of hydrogen-bond donors (Lipinski definition) is 2. The van der Waals surface area contributed by atoms with Gasteiger partial charge in [0, 0.05) is 57.1 Å². The molecule has 144 valence electrons. The lowest BCUT2D eigenvalue weighted by atomic mass is 10.2. The van der Waals surface area contributed by atoms with E-state index < -0.39 is 0 Å². The highest BCUT2D eigenvalue weighted by Crippen LogP contribution is 2.21. The van der Waals surface area contributed by atoms with Crippen LogP contribution in [0.2, 0.25) is 0 Å². The summed E-state index contributed by atoms with van der Waals surface area (Å²) in [6.07, 6.45) is 1.60. The van der Waals surface area contributed by atoms with Gasteiger partial charge in [0.1, 0.15) is 0 Å². The molecule has 0 saturated carbocycles. The number of benzene rings is 1. The number of aromatic nitrogens is 2. The second-order valence-electron chi connectivity index (χ2n) is 6.87. The normalized spacial score (nSPS) is 14.7. The van der Waals surface area contributed by atoms with Gasteiger partial charge in [0.25, 0.3) is 0 Å². The lowest BCUT2D eigenvalue weighted by Crippen LogP contribution is -2.36. The number of anilines is 1. The summed E-state index contributed by atoms with van der Waals surface area (Å²) in [5.74, 6) is 0.961. The third-order valence-corrected chi connectivity index (χ3v) is 5.10. The number of aryl methyl sites for hydroxylation is 2. The number of amides is 1. The molecule has 2 heterocycles. The summed E-state index contributed by atoms with van der Waals surface area (Å²) in [6, 6.07) is 8.13. The number of rotatable bonds is 5. The van der Waals surface area contributed by atoms with Crippen LogP contribution < -0.4 is 15.5 Å². The number of nitrogens with zero attached hydrogens (tertiary/aromatic N) is 4. The molecule has 0 radical (unpaired) electrons. The monoisotopic (exact) mass is 368 g/mol. The number of carbonyl (C=O) groups excluding carboxylic acids is 1. The van der Waals surface area contributed by atoms with Crippen molar-refractivity contribution in [3.8, 4) is 0 Å². The van der Waals surface area contributed by atoms with E-state index in [4.69, 9.17) is 0 Å². The van der Waals surface area contributed by atoms with Crippen LogP contribution in [0.3, 0.4) is 0 Å². The molecule has 1 aromatic heterocycles. The first kappa shape index (κ1) is 18.9. The molecule has 0 unspecified atom stereocenters. The van der Waals surface area contributed by atoms with Crippen molar-refractivity contribution in [1.29, 1.82) is 0 Å². The molecule has 7 nitrogen and oxygen atoms in total. The maximum Gasteiger partial charge on any atom is 0.227 e. The van der Waals surface area contributed by atoms with Crippen LogP contribution in [0.4, 0.5) is 5.69 Å². The van der Waals surface area contributed by atoms with Crippen molar-refractivity contribution < 1.29 is 4.79 Å². The molecule has 1 amide bonds. The van der Waals surface area contributed by atoms with E-state index in [0.717, 1.165) is 41.6 Å². The summed E-state index contributed by atoms with van der Waals surface area (Å²) in [5.41, 5.74) is 5.50. The highest BCUT2D eigenvalue weighted by molar-refractivity contribution is 5.95. The molecule has 0 aliphatic carbocycles. The minimum absolute atomic E-state index is 0.214. The molecule has 1 aliphatic heterocycles. The fraction of sp³-hybridized carbons (Fsp3) is 0.450. The summed E-state index contributed by atoms with van der Waals surface area (Å²) in [4.78, 5) is 18.0. The van der Waals surface area contributed by atoms with Gasteiger partial charge in [-0.25, -0.2) is 0 Å². The van der Waals surface area contributed by atoms with Gasteiger partial charge in [-0.1, -0.05) is 12.1 Å². The summed E-state index contributed by atoms with van der Waals surface area (Å²) in [7, 11) is 3.72. The van der Waals surface area contributed by atoms with Crippen molar-refractivity contribution in [3.63, 3.8) is 0 Å². The van der Waals surface area contributed by atoms with E-state index in [-0.39, 0.29) is 5.91 Å². The number of hydrogen-bond acceptors (Lipinski definition) is 3. The van der Waals surface area contributed by atoms with E-state index in [1.807, 2.05) is 35.7 Å². The predicted octanol–water partition coefficient (Wildman–Crippen LogP) is 2.03. The maximum atomic E-state index is 11.8. The number of nitrogens with one attached hydrogen (secondary N) is 2. The van der Waals surface area contributed by atoms with Crippen molar-refractivity contribution >= 4 is 17.6 Å². The molecule has 1 fully saturated rings. The van der Waals surface area contributed by atoms with Gasteiger partial charge < -0.3 is 15.5 Å². The molecule has 0 bridgehead atoms. The summed E-state index contributed by atoms with van der Waals surface area (Å²) in [5, 5.41) is 11.1. The van der Waals surface area contributed by atoms with Crippen LogP contribution in [-0.4, -0.2) is 35.2 Å². The maximum absolute atomic E-state index is 11.8. The quantitative estimate of drug-likeness (QED) is 0.626. The van der Waals surface area contributed by atoms with Crippen molar-refractivity contribution in [2.24, 2.45) is 12.0 Å². The molecular formula is C20H28N6O. The second kappa shape index (κ2) is 8.24. The Hall–Kier alpha value is -2.83. The van der Waals surface area contributed by atoms with E-state index in [0.29, 0.717) is 19.5 Å². The van der Waals surface area contributed by atoms with Crippen molar-refractivity contribution in [3.05, 3.63) is 46.8 Å². The standard InChI is InChI=1S/C20H28N6O/c1-14-18(15(2)25(4)24-14)13-23-20(21-3)22-12-16-7-9-17(10-8-16)26-11-5-6-19(26)27/h7-10H,5-6,11-13H2,1-4H3,(H2,21,22,23). The minimum atomic E-state index is 0.214. The van der Waals surface area contributed by atoms with Crippen molar-refractivity contribution in [2.75, 3.05) is 18.5 Å². The number of guanidine groups is 1. The Morgan fingerprint density at radius 2 is 1.89 bits per heavy atom. The van der Waals surface area contributed by atoms with Gasteiger partial charge in [0.05, 0.1) is 5.69 Å². The molecule has 7 heteroatoms. The molecule has 1 aliphatic rings. The lowest BCUT2D eigenvalue weighted by Gasteiger charge is -2.16. The van der Waals surface area contributed by atoms with Crippen molar-refractivity contribution in [2.45, 2.75) is 39.8 Å². The molecule has 0 spiro atoms. The summed E-state index contributed by atoms with van der Waals surface area (Å²) < 4.78 is 1.90. The average Bonchev–Trinajstić information content (AvgIpc) is 3.19.